The average molecular weight is 184 g/mol. The molecule has 1 fully saturated rings. The van der Waals surface area contributed by atoms with Crippen LogP contribution in [0.3, 0.4) is 0 Å². The van der Waals surface area contributed by atoms with E-state index in [4.69, 9.17) is 10.5 Å². The molecule has 1 aliphatic heterocycles. The fourth-order valence-corrected chi connectivity index (χ4v) is 1.59. The second-order valence-corrected chi connectivity index (χ2v) is 4.58. The van der Waals surface area contributed by atoms with Crippen molar-refractivity contribution >= 4 is 0 Å². The molecule has 0 aromatic carbocycles. The van der Waals surface area contributed by atoms with E-state index < -0.39 is 0 Å². The molecule has 0 spiro atoms. The van der Waals surface area contributed by atoms with Crippen LogP contribution in [0.4, 0.5) is 0 Å². The molecule has 2 N–H and O–H groups in total. The summed E-state index contributed by atoms with van der Waals surface area (Å²) in [6, 6.07) is 0. The Morgan fingerprint density at radius 2 is 2.15 bits per heavy atom. The maximum atomic E-state index is 5.84. The Bertz CT molecular complexity index is 196. The molecule has 0 radical (unpaired) electrons. The predicted octanol–water partition coefficient (Wildman–Crippen LogP) is 1.31. The summed E-state index contributed by atoms with van der Waals surface area (Å²) >= 11 is 0. The second kappa shape index (κ2) is 3.58. The lowest BCUT2D eigenvalue weighted by Crippen LogP contribution is -2.31. The van der Waals surface area contributed by atoms with Gasteiger partial charge in [-0.15, -0.1) is 0 Å². The molecule has 76 valence electrons. The molecule has 0 saturated carbocycles. The number of nitrogens with zero attached hydrogens (tertiary/aromatic N) is 1. The molecule has 3 nitrogen and oxygen atoms in total. The molecule has 1 heterocycles. The first kappa shape index (κ1) is 10.4. The van der Waals surface area contributed by atoms with Crippen LogP contribution in [0.1, 0.15) is 27.2 Å². The van der Waals surface area contributed by atoms with Crippen molar-refractivity contribution in [1.29, 1.82) is 0 Å². The maximum absolute atomic E-state index is 5.84. The Kier molecular flexibility index (Phi) is 2.86. The highest BCUT2D eigenvalue weighted by molar-refractivity contribution is 4.93. The molecule has 0 aromatic rings. The van der Waals surface area contributed by atoms with Gasteiger partial charge in [-0.2, -0.15) is 0 Å². The minimum Gasteiger partial charge on any atom is -0.386 e. The van der Waals surface area contributed by atoms with Crippen molar-refractivity contribution in [3.63, 3.8) is 0 Å². The van der Waals surface area contributed by atoms with Crippen LogP contribution in [0.25, 0.3) is 0 Å². The van der Waals surface area contributed by atoms with Gasteiger partial charge in [0, 0.05) is 13.1 Å². The molecule has 0 aliphatic carbocycles. The minimum absolute atomic E-state index is 0.0589. The zero-order valence-corrected chi connectivity index (χ0v) is 8.84. The predicted molar refractivity (Wildman–Crippen MR) is 54.1 cm³/mol. The number of rotatable bonds is 2. The van der Waals surface area contributed by atoms with Crippen LogP contribution < -0.4 is 5.73 Å². The zero-order chi connectivity index (χ0) is 10.1. The molecule has 1 rings (SSSR count). The standard InChI is InChI=1S/C10H20N2O/c1-8(11)12-6-5-9(7-12)13-10(2,3)4/h9H,1,5-7,11H2,2-4H3/t9-/m1/s1. The smallest absolute Gasteiger partial charge is 0.0913 e. The van der Waals surface area contributed by atoms with E-state index in [9.17, 15) is 0 Å². The minimum atomic E-state index is -0.0589. The Morgan fingerprint density at radius 1 is 1.54 bits per heavy atom. The largest absolute Gasteiger partial charge is 0.386 e. The highest BCUT2D eigenvalue weighted by Crippen LogP contribution is 2.20. The first-order chi connectivity index (χ1) is 5.88. The van der Waals surface area contributed by atoms with Crippen LogP contribution in [0.15, 0.2) is 12.4 Å². The molecule has 13 heavy (non-hydrogen) atoms. The van der Waals surface area contributed by atoms with E-state index in [1.807, 2.05) is 0 Å². The van der Waals surface area contributed by atoms with Crippen LogP contribution in [-0.4, -0.2) is 29.7 Å². The van der Waals surface area contributed by atoms with Crippen molar-refractivity contribution in [2.24, 2.45) is 5.73 Å². The van der Waals surface area contributed by atoms with Crippen LogP contribution in [0.5, 0.6) is 0 Å². The highest BCUT2D eigenvalue weighted by Gasteiger charge is 2.26. The molecule has 1 aliphatic rings. The summed E-state index contributed by atoms with van der Waals surface area (Å²) in [7, 11) is 0. The van der Waals surface area contributed by atoms with Gasteiger partial charge in [-0.3, -0.25) is 0 Å². The zero-order valence-electron chi connectivity index (χ0n) is 8.84. The van der Waals surface area contributed by atoms with E-state index in [0.717, 1.165) is 19.5 Å². The third kappa shape index (κ3) is 3.27. The number of ether oxygens (including phenoxy) is 1. The van der Waals surface area contributed by atoms with E-state index in [-0.39, 0.29) is 5.60 Å². The second-order valence-electron chi connectivity index (χ2n) is 4.58. The number of hydrogen-bond acceptors (Lipinski definition) is 3. The van der Waals surface area contributed by atoms with E-state index in [0.29, 0.717) is 11.9 Å². The summed E-state index contributed by atoms with van der Waals surface area (Å²) in [6.07, 6.45) is 1.35. The van der Waals surface area contributed by atoms with Gasteiger partial charge in [0.05, 0.1) is 17.5 Å². The van der Waals surface area contributed by atoms with Gasteiger partial charge < -0.3 is 15.4 Å². The summed E-state index contributed by atoms with van der Waals surface area (Å²) in [6.45, 7) is 11.8. The molecule has 0 unspecified atom stereocenters. The normalized spacial score (nSPS) is 23.6. The van der Waals surface area contributed by atoms with Crippen LogP contribution >= 0.6 is 0 Å². The van der Waals surface area contributed by atoms with Gasteiger partial charge in [0.2, 0.25) is 0 Å². The third-order valence-corrected chi connectivity index (χ3v) is 2.07. The van der Waals surface area contributed by atoms with Crippen molar-refractivity contribution < 1.29 is 4.74 Å². The van der Waals surface area contributed by atoms with Crippen LogP contribution in [0, 0.1) is 0 Å². The monoisotopic (exact) mass is 184 g/mol. The Balaban J connectivity index is 2.38. The molecule has 0 aromatic heterocycles. The van der Waals surface area contributed by atoms with Gasteiger partial charge in [0.1, 0.15) is 0 Å². The summed E-state index contributed by atoms with van der Waals surface area (Å²) in [5, 5.41) is 0. The number of likely N-dealkylation sites (tertiary alicyclic amines) is 1. The topological polar surface area (TPSA) is 38.5 Å². The maximum Gasteiger partial charge on any atom is 0.0913 e. The lowest BCUT2D eigenvalue weighted by molar-refractivity contribution is -0.0530. The van der Waals surface area contributed by atoms with Gasteiger partial charge in [0.25, 0.3) is 0 Å². The first-order valence-electron chi connectivity index (χ1n) is 4.75. The lowest BCUT2D eigenvalue weighted by atomic mass is 10.2. The van der Waals surface area contributed by atoms with E-state index in [1.54, 1.807) is 0 Å². The average Bonchev–Trinajstić information content (AvgIpc) is 2.31. The summed E-state index contributed by atoms with van der Waals surface area (Å²) in [4.78, 5) is 2.07. The molecule has 0 bridgehead atoms. The summed E-state index contributed by atoms with van der Waals surface area (Å²) < 4.78 is 5.84. The van der Waals surface area contributed by atoms with E-state index in [2.05, 4.69) is 32.3 Å². The molecule has 3 heteroatoms. The Morgan fingerprint density at radius 3 is 2.54 bits per heavy atom. The van der Waals surface area contributed by atoms with Gasteiger partial charge in [-0.25, -0.2) is 0 Å². The third-order valence-electron chi connectivity index (χ3n) is 2.07. The fraction of sp³-hybridized carbons (Fsp3) is 0.800. The van der Waals surface area contributed by atoms with Gasteiger partial charge in [0.15, 0.2) is 0 Å². The van der Waals surface area contributed by atoms with Crippen molar-refractivity contribution in [3.8, 4) is 0 Å². The van der Waals surface area contributed by atoms with Crippen molar-refractivity contribution in [2.45, 2.75) is 38.9 Å². The van der Waals surface area contributed by atoms with E-state index >= 15 is 0 Å². The van der Waals surface area contributed by atoms with E-state index in [1.165, 1.54) is 0 Å². The Hall–Kier alpha value is -0.700. The first-order valence-corrected chi connectivity index (χ1v) is 4.75. The molecule has 0 amide bonds. The quantitative estimate of drug-likeness (QED) is 0.703. The van der Waals surface area contributed by atoms with Crippen molar-refractivity contribution in [2.75, 3.05) is 13.1 Å². The van der Waals surface area contributed by atoms with Gasteiger partial charge in [-0.05, 0) is 27.2 Å². The fourth-order valence-electron chi connectivity index (χ4n) is 1.59. The summed E-state index contributed by atoms with van der Waals surface area (Å²) in [5.41, 5.74) is 5.54. The van der Waals surface area contributed by atoms with Crippen LogP contribution in [-0.2, 0) is 4.74 Å². The molecular formula is C10H20N2O. The van der Waals surface area contributed by atoms with Gasteiger partial charge in [-0.1, -0.05) is 6.58 Å². The molecular weight excluding hydrogens is 164 g/mol. The summed E-state index contributed by atoms with van der Waals surface area (Å²) in [5.74, 6) is 0.653. The lowest BCUT2D eigenvalue weighted by Gasteiger charge is -2.25. The van der Waals surface area contributed by atoms with Crippen molar-refractivity contribution in [3.05, 3.63) is 12.4 Å². The Labute approximate surface area is 80.5 Å². The number of nitrogens with two attached hydrogens (primary N) is 1. The van der Waals surface area contributed by atoms with Gasteiger partial charge >= 0.3 is 0 Å². The SMILES string of the molecule is C=C(N)N1CC[C@@H](OC(C)(C)C)C1. The molecule has 1 saturated heterocycles. The van der Waals surface area contributed by atoms with Crippen molar-refractivity contribution in [1.82, 2.24) is 4.90 Å². The van der Waals surface area contributed by atoms with Crippen LogP contribution in [0.2, 0.25) is 0 Å². The molecule has 1 atom stereocenters. The highest BCUT2D eigenvalue weighted by atomic mass is 16.5. The number of hydrogen-bond donors (Lipinski definition) is 1.